The number of rotatable bonds is 4. The molecule has 0 aliphatic heterocycles. The maximum atomic E-state index is 12.0. The lowest BCUT2D eigenvalue weighted by molar-refractivity contribution is 0.266. The van der Waals surface area contributed by atoms with Gasteiger partial charge in [-0.15, -0.1) is 0 Å². The Bertz CT molecular complexity index is 548. The van der Waals surface area contributed by atoms with Crippen molar-refractivity contribution in [3.05, 3.63) is 23.8 Å². The lowest BCUT2D eigenvalue weighted by atomic mass is 10.2. The van der Waals surface area contributed by atoms with Gasteiger partial charge in [-0.05, 0) is 18.2 Å². The van der Waals surface area contributed by atoms with Crippen LogP contribution in [0.5, 0.6) is 0 Å². The van der Waals surface area contributed by atoms with Gasteiger partial charge in [-0.2, -0.15) is 9.57 Å². The van der Waals surface area contributed by atoms with Crippen LogP contribution in [0.25, 0.3) is 0 Å². The Balaban J connectivity index is 3.30. The van der Waals surface area contributed by atoms with Gasteiger partial charge in [0.05, 0.1) is 12.2 Å². The number of nitrogens with two attached hydrogens (primary N) is 1. The van der Waals surface area contributed by atoms with E-state index in [0.717, 1.165) is 4.31 Å². The molecule has 92 valence electrons. The molecule has 0 saturated carbocycles. The number of sulfonamides is 1. The van der Waals surface area contributed by atoms with Gasteiger partial charge >= 0.3 is 0 Å². The average Bonchev–Trinajstić information content (AvgIpc) is 2.28. The van der Waals surface area contributed by atoms with Crippen molar-refractivity contribution in [1.82, 2.24) is 4.31 Å². The number of anilines is 1. The molecule has 0 atom stereocenters. The fourth-order valence-corrected chi connectivity index (χ4v) is 2.57. The summed E-state index contributed by atoms with van der Waals surface area (Å²) in [6.07, 6.45) is 0. The molecular formula is C10H13N3O3S. The third kappa shape index (κ3) is 2.74. The van der Waals surface area contributed by atoms with E-state index in [1.807, 2.05) is 0 Å². The van der Waals surface area contributed by atoms with E-state index in [9.17, 15) is 8.42 Å². The molecule has 0 aliphatic carbocycles. The first kappa shape index (κ1) is 13.4. The molecule has 1 rings (SSSR count). The number of nitrogen functional groups attached to an aromatic ring is 1. The molecule has 3 N–H and O–H groups in total. The smallest absolute Gasteiger partial charge is 0.244 e. The second-order valence-electron chi connectivity index (χ2n) is 3.42. The number of nitrogens with zero attached hydrogens (tertiary/aromatic N) is 2. The van der Waals surface area contributed by atoms with Crippen molar-refractivity contribution >= 4 is 15.7 Å². The molecule has 0 amide bonds. The Labute approximate surface area is 99.9 Å². The van der Waals surface area contributed by atoms with Crippen LogP contribution < -0.4 is 5.73 Å². The summed E-state index contributed by atoms with van der Waals surface area (Å²) in [6, 6.07) is 5.80. The van der Waals surface area contributed by atoms with Crippen LogP contribution in [0, 0.1) is 11.3 Å². The van der Waals surface area contributed by atoms with Gasteiger partial charge in [-0.1, -0.05) is 0 Å². The number of likely N-dealkylation sites (N-methyl/N-ethyl adjacent to an activating group) is 1. The van der Waals surface area contributed by atoms with Gasteiger partial charge in [-0.25, -0.2) is 8.42 Å². The van der Waals surface area contributed by atoms with E-state index in [1.54, 1.807) is 6.07 Å². The normalized spacial score (nSPS) is 11.4. The quantitative estimate of drug-likeness (QED) is 0.721. The third-order valence-electron chi connectivity index (χ3n) is 2.23. The van der Waals surface area contributed by atoms with E-state index in [-0.39, 0.29) is 23.6 Å². The minimum absolute atomic E-state index is 0.00482. The van der Waals surface area contributed by atoms with Crippen LogP contribution in [0.2, 0.25) is 0 Å². The molecule has 0 fully saturated rings. The fourth-order valence-electron chi connectivity index (χ4n) is 1.29. The van der Waals surface area contributed by atoms with E-state index in [0.29, 0.717) is 5.69 Å². The van der Waals surface area contributed by atoms with Crippen molar-refractivity contribution in [3.63, 3.8) is 0 Å². The number of nitriles is 1. The van der Waals surface area contributed by atoms with E-state index in [4.69, 9.17) is 16.1 Å². The van der Waals surface area contributed by atoms with E-state index in [2.05, 4.69) is 0 Å². The van der Waals surface area contributed by atoms with Gasteiger partial charge in [0.2, 0.25) is 10.0 Å². The largest absolute Gasteiger partial charge is 0.399 e. The molecule has 1 aromatic rings. The van der Waals surface area contributed by atoms with Gasteiger partial charge in [0, 0.05) is 19.3 Å². The van der Waals surface area contributed by atoms with Crippen LogP contribution in [0.15, 0.2) is 23.1 Å². The summed E-state index contributed by atoms with van der Waals surface area (Å²) in [6.45, 7) is -0.315. The van der Waals surface area contributed by atoms with Gasteiger partial charge in [0.15, 0.2) is 0 Å². The molecule has 0 radical (unpaired) electrons. The summed E-state index contributed by atoms with van der Waals surface area (Å²) < 4.78 is 25.1. The van der Waals surface area contributed by atoms with Crippen molar-refractivity contribution in [1.29, 1.82) is 5.26 Å². The average molecular weight is 255 g/mol. The van der Waals surface area contributed by atoms with Crippen LogP contribution >= 0.6 is 0 Å². The fraction of sp³-hybridized carbons (Fsp3) is 0.300. The second kappa shape index (κ2) is 5.14. The Morgan fingerprint density at radius 3 is 2.71 bits per heavy atom. The molecule has 6 nitrogen and oxygen atoms in total. The molecule has 7 heteroatoms. The van der Waals surface area contributed by atoms with E-state index >= 15 is 0 Å². The first-order valence-electron chi connectivity index (χ1n) is 4.80. The van der Waals surface area contributed by atoms with Gasteiger partial charge < -0.3 is 10.8 Å². The molecule has 0 saturated heterocycles. The maximum absolute atomic E-state index is 12.0. The molecule has 0 heterocycles. The van der Waals surface area contributed by atoms with Crippen molar-refractivity contribution in [2.45, 2.75) is 4.90 Å². The Morgan fingerprint density at radius 2 is 2.18 bits per heavy atom. The molecule has 1 aromatic carbocycles. The molecule has 0 unspecified atom stereocenters. The van der Waals surface area contributed by atoms with Crippen LogP contribution in [0.1, 0.15) is 5.56 Å². The number of hydrogen-bond acceptors (Lipinski definition) is 5. The molecule has 0 aromatic heterocycles. The molecule has 17 heavy (non-hydrogen) atoms. The first-order valence-corrected chi connectivity index (χ1v) is 6.24. The first-order chi connectivity index (χ1) is 7.93. The topological polar surface area (TPSA) is 107 Å². The second-order valence-corrected chi connectivity index (χ2v) is 5.43. The zero-order valence-electron chi connectivity index (χ0n) is 9.29. The predicted octanol–water partition coefficient (Wildman–Crippen LogP) is -0.247. The van der Waals surface area contributed by atoms with Crippen LogP contribution in [0.3, 0.4) is 0 Å². The summed E-state index contributed by atoms with van der Waals surface area (Å²) in [7, 11) is -2.43. The Kier molecular flexibility index (Phi) is 4.07. The summed E-state index contributed by atoms with van der Waals surface area (Å²) in [5.41, 5.74) is 5.80. The third-order valence-corrected chi connectivity index (χ3v) is 4.14. The highest BCUT2D eigenvalue weighted by Crippen LogP contribution is 2.20. The minimum Gasteiger partial charge on any atom is -0.399 e. The lowest BCUT2D eigenvalue weighted by Gasteiger charge is -2.16. The molecule has 0 bridgehead atoms. The van der Waals surface area contributed by atoms with Crippen molar-refractivity contribution in [2.75, 3.05) is 25.9 Å². The predicted molar refractivity (Wildman–Crippen MR) is 62.5 cm³/mol. The number of aliphatic hydroxyl groups excluding tert-OH is 1. The molecular weight excluding hydrogens is 242 g/mol. The van der Waals surface area contributed by atoms with Gasteiger partial charge in [-0.3, -0.25) is 0 Å². The standard InChI is InChI=1S/C10H13N3O3S/c1-13(4-5-14)17(15,16)10-3-2-9(12)6-8(10)7-11/h2-3,6,14H,4-5,12H2,1H3. The summed E-state index contributed by atoms with van der Waals surface area (Å²) in [5.74, 6) is 0. The summed E-state index contributed by atoms with van der Waals surface area (Å²) >= 11 is 0. The van der Waals surface area contributed by atoms with Crippen LogP contribution in [-0.2, 0) is 10.0 Å². The number of aliphatic hydroxyl groups is 1. The summed E-state index contributed by atoms with van der Waals surface area (Å²) in [4.78, 5) is -0.106. The van der Waals surface area contributed by atoms with Crippen molar-refractivity contribution in [3.8, 4) is 6.07 Å². The van der Waals surface area contributed by atoms with E-state index < -0.39 is 10.0 Å². The zero-order chi connectivity index (χ0) is 13.1. The maximum Gasteiger partial charge on any atom is 0.244 e. The summed E-state index contributed by atoms with van der Waals surface area (Å²) in [5, 5.41) is 17.6. The highest BCUT2D eigenvalue weighted by Gasteiger charge is 2.23. The van der Waals surface area contributed by atoms with Gasteiger partial charge in [0.25, 0.3) is 0 Å². The minimum atomic E-state index is -3.77. The van der Waals surface area contributed by atoms with Crippen molar-refractivity contribution < 1.29 is 13.5 Å². The molecule has 0 spiro atoms. The highest BCUT2D eigenvalue weighted by molar-refractivity contribution is 7.89. The number of benzene rings is 1. The Hall–Kier alpha value is -1.62. The van der Waals surface area contributed by atoms with Gasteiger partial charge in [0.1, 0.15) is 11.0 Å². The highest BCUT2D eigenvalue weighted by atomic mass is 32.2. The van der Waals surface area contributed by atoms with Crippen molar-refractivity contribution in [2.24, 2.45) is 0 Å². The van der Waals surface area contributed by atoms with Crippen LogP contribution in [-0.4, -0.2) is 38.0 Å². The SMILES string of the molecule is CN(CCO)S(=O)(=O)c1ccc(N)cc1C#N. The molecule has 0 aliphatic rings. The lowest BCUT2D eigenvalue weighted by Crippen LogP contribution is -2.30. The number of hydrogen-bond donors (Lipinski definition) is 2. The Morgan fingerprint density at radius 1 is 1.53 bits per heavy atom. The van der Waals surface area contributed by atoms with E-state index in [1.165, 1.54) is 25.2 Å². The van der Waals surface area contributed by atoms with Crippen LogP contribution in [0.4, 0.5) is 5.69 Å². The monoisotopic (exact) mass is 255 g/mol. The zero-order valence-corrected chi connectivity index (χ0v) is 10.1.